The standard InChI is InChI=1S/C13H17N3/c1-3-14-8-11(2)9-16-10-15-12-6-4-5-7-13(12)16/h4-7,10,14H,2-3,8-9H2,1H3. The zero-order valence-electron chi connectivity index (χ0n) is 9.61. The molecule has 3 nitrogen and oxygen atoms in total. The maximum absolute atomic E-state index is 4.35. The van der Waals surface area contributed by atoms with Gasteiger partial charge in [0.25, 0.3) is 0 Å². The van der Waals surface area contributed by atoms with Crippen LogP contribution in [0.2, 0.25) is 0 Å². The van der Waals surface area contributed by atoms with Crippen molar-refractivity contribution in [2.45, 2.75) is 13.5 Å². The molecule has 1 heterocycles. The summed E-state index contributed by atoms with van der Waals surface area (Å²) in [6.45, 7) is 8.83. The lowest BCUT2D eigenvalue weighted by atomic mass is 10.2. The van der Waals surface area contributed by atoms with E-state index in [0.717, 1.165) is 25.2 Å². The Morgan fingerprint density at radius 1 is 1.44 bits per heavy atom. The molecule has 0 aliphatic rings. The first-order chi connectivity index (χ1) is 7.81. The van der Waals surface area contributed by atoms with Gasteiger partial charge in [0, 0.05) is 13.1 Å². The molecule has 16 heavy (non-hydrogen) atoms. The van der Waals surface area contributed by atoms with E-state index in [0.29, 0.717) is 0 Å². The molecule has 0 radical (unpaired) electrons. The van der Waals surface area contributed by atoms with E-state index in [1.807, 2.05) is 24.5 Å². The number of fused-ring (bicyclic) bond motifs is 1. The zero-order valence-corrected chi connectivity index (χ0v) is 9.61. The average molecular weight is 215 g/mol. The van der Waals surface area contributed by atoms with E-state index >= 15 is 0 Å². The number of rotatable bonds is 5. The molecule has 2 aromatic rings. The quantitative estimate of drug-likeness (QED) is 0.775. The van der Waals surface area contributed by atoms with Crippen molar-refractivity contribution in [2.75, 3.05) is 13.1 Å². The van der Waals surface area contributed by atoms with Crippen molar-refractivity contribution in [1.82, 2.24) is 14.9 Å². The number of aromatic nitrogens is 2. The molecule has 1 aromatic heterocycles. The summed E-state index contributed by atoms with van der Waals surface area (Å²) in [4.78, 5) is 4.35. The van der Waals surface area contributed by atoms with Gasteiger partial charge in [0.05, 0.1) is 17.4 Å². The molecule has 1 aromatic carbocycles. The fourth-order valence-corrected chi connectivity index (χ4v) is 1.73. The number of nitrogens with one attached hydrogen (secondary N) is 1. The molecule has 1 N–H and O–H groups in total. The van der Waals surface area contributed by atoms with Crippen LogP contribution in [0.25, 0.3) is 11.0 Å². The van der Waals surface area contributed by atoms with Crippen LogP contribution in [0.15, 0.2) is 42.7 Å². The molecular formula is C13H17N3. The molecule has 2 rings (SSSR count). The van der Waals surface area contributed by atoms with Gasteiger partial charge in [-0.1, -0.05) is 25.6 Å². The highest BCUT2D eigenvalue weighted by Crippen LogP contribution is 2.12. The van der Waals surface area contributed by atoms with Gasteiger partial charge in [0.2, 0.25) is 0 Å². The predicted molar refractivity (Wildman–Crippen MR) is 67.4 cm³/mol. The van der Waals surface area contributed by atoms with Crippen LogP contribution < -0.4 is 5.32 Å². The lowest BCUT2D eigenvalue weighted by Crippen LogP contribution is -2.18. The van der Waals surface area contributed by atoms with Crippen molar-refractivity contribution in [1.29, 1.82) is 0 Å². The molecule has 0 unspecified atom stereocenters. The topological polar surface area (TPSA) is 29.9 Å². The second-order valence-corrected chi connectivity index (χ2v) is 3.89. The van der Waals surface area contributed by atoms with Crippen molar-refractivity contribution < 1.29 is 0 Å². The summed E-state index contributed by atoms with van der Waals surface area (Å²) in [6.07, 6.45) is 1.88. The smallest absolute Gasteiger partial charge is 0.0961 e. The van der Waals surface area contributed by atoms with Crippen molar-refractivity contribution in [3.63, 3.8) is 0 Å². The molecule has 0 aliphatic carbocycles. The fraction of sp³-hybridized carbons (Fsp3) is 0.308. The Hall–Kier alpha value is -1.61. The Morgan fingerprint density at radius 3 is 3.06 bits per heavy atom. The van der Waals surface area contributed by atoms with Crippen molar-refractivity contribution in [3.05, 3.63) is 42.7 Å². The Morgan fingerprint density at radius 2 is 2.25 bits per heavy atom. The fourth-order valence-electron chi connectivity index (χ4n) is 1.73. The molecule has 0 saturated carbocycles. The van der Waals surface area contributed by atoms with Crippen LogP contribution in [-0.2, 0) is 6.54 Å². The molecule has 0 saturated heterocycles. The monoisotopic (exact) mass is 215 g/mol. The van der Waals surface area contributed by atoms with E-state index in [4.69, 9.17) is 0 Å². The Labute approximate surface area is 95.8 Å². The number of nitrogens with zero attached hydrogens (tertiary/aromatic N) is 2. The van der Waals surface area contributed by atoms with Gasteiger partial charge < -0.3 is 9.88 Å². The van der Waals surface area contributed by atoms with E-state index in [1.54, 1.807) is 0 Å². The SMILES string of the molecule is C=C(CNCC)Cn1cnc2ccccc21. The maximum atomic E-state index is 4.35. The summed E-state index contributed by atoms with van der Waals surface area (Å²) in [5, 5.41) is 3.28. The third kappa shape index (κ3) is 2.31. The molecule has 0 fully saturated rings. The highest BCUT2D eigenvalue weighted by molar-refractivity contribution is 5.74. The number of hydrogen-bond acceptors (Lipinski definition) is 2. The molecule has 0 spiro atoms. The van der Waals surface area contributed by atoms with E-state index in [1.165, 1.54) is 11.1 Å². The zero-order chi connectivity index (χ0) is 11.4. The van der Waals surface area contributed by atoms with Gasteiger partial charge in [0.1, 0.15) is 0 Å². The summed E-state index contributed by atoms with van der Waals surface area (Å²) in [5.41, 5.74) is 3.38. The van der Waals surface area contributed by atoms with Crippen LogP contribution >= 0.6 is 0 Å². The number of para-hydroxylation sites is 2. The second-order valence-electron chi connectivity index (χ2n) is 3.89. The third-order valence-corrected chi connectivity index (χ3v) is 2.55. The molecule has 0 atom stereocenters. The van der Waals surface area contributed by atoms with Gasteiger partial charge in [-0.2, -0.15) is 0 Å². The van der Waals surface area contributed by atoms with Gasteiger partial charge in [-0.3, -0.25) is 0 Å². The predicted octanol–water partition coefficient (Wildman–Crippen LogP) is 2.20. The van der Waals surface area contributed by atoms with Crippen molar-refractivity contribution in [3.8, 4) is 0 Å². The molecule has 0 bridgehead atoms. The van der Waals surface area contributed by atoms with Crippen LogP contribution in [-0.4, -0.2) is 22.6 Å². The average Bonchev–Trinajstić information content (AvgIpc) is 2.70. The minimum absolute atomic E-state index is 0.827. The van der Waals surface area contributed by atoms with Crippen LogP contribution in [0, 0.1) is 0 Å². The number of hydrogen-bond donors (Lipinski definition) is 1. The van der Waals surface area contributed by atoms with Crippen LogP contribution in [0.3, 0.4) is 0 Å². The van der Waals surface area contributed by atoms with Crippen LogP contribution in [0.1, 0.15) is 6.92 Å². The summed E-state index contributed by atoms with van der Waals surface area (Å²) >= 11 is 0. The first kappa shape index (κ1) is 10.9. The highest BCUT2D eigenvalue weighted by Gasteiger charge is 2.02. The van der Waals surface area contributed by atoms with E-state index in [2.05, 4.69) is 34.4 Å². The Bertz CT molecular complexity index is 485. The first-order valence-corrected chi connectivity index (χ1v) is 5.58. The summed E-state index contributed by atoms with van der Waals surface area (Å²) in [5.74, 6) is 0. The van der Waals surface area contributed by atoms with Crippen LogP contribution in [0.4, 0.5) is 0 Å². The van der Waals surface area contributed by atoms with Gasteiger partial charge in [-0.25, -0.2) is 4.98 Å². The summed E-state index contributed by atoms with van der Waals surface area (Å²) in [6, 6.07) is 8.16. The molecular weight excluding hydrogens is 198 g/mol. The number of likely N-dealkylation sites (N-methyl/N-ethyl adjacent to an activating group) is 1. The van der Waals surface area contributed by atoms with Crippen LogP contribution in [0.5, 0.6) is 0 Å². The van der Waals surface area contributed by atoms with E-state index in [9.17, 15) is 0 Å². The lowest BCUT2D eigenvalue weighted by molar-refractivity contribution is 0.714. The molecule has 0 amide bonds. The highest BCUT2D eigenvalue weighted by atomic mass is 15.0. The minimum Gasteiger partial charge on any atom is -0.326 e. The molecule has 84 valence electrons. The second kappa shape index (κ2) is 4.94. The number of benzene rings is 1. The Balaban J connectivity index is 2.12. The van der Waals surface area contributed by atoms with Gasteiger partial charge in [-0.15, -0.1) is 0 Å². The first-order valence-electron chi connectivity index (χ1n) is 5.58. The maximum Gasteiger partial charge on any atom is 0.0961 e. The van der Waals surface area contributed by atoms with E-state index in [-0.39, 0.29) is 0 Å². The third-order valence-electron chi connectivity index (χ3n) is 2.55. The largest absolute Gasteiger partial charge is 0.326 e. The van der Waals surface area contributed by atoms with Gasteiger partial charge >= 0.3 is 0 Å². The Kier molecular flexibility index (Phi) is 3.37. The van der Waals surface area contributed by atoms with Gasteiger partial charge in [-0.05, 0) is 24.3 Å². The van der Waals surface area contributed by atoms with Gasteiger partial charge in [0.15, 0.2) is 0 Å². The molecule has 3 heteroatoms. The normalized spacial score (nSPS) is 10.8. The number of imidazole rings is 1. The summed E-state index contributed by atoms with van der Waals surface area (Å²) < 4.78 is 2.13. The van der Waals surface area contributed by atoms with Crippen molar-refractivity contribution >= 4 is 11.0 Å². The van der Waals surface area contributed by atoms with E-state index < -0.39 is 0 Å². The summed E-state index contributed by atoms with van der Waals surface area (Å²) in [7, 11) is 0. The molecule has 0 aliphatic heterocycles. The van der Waals surface area contributed by atoms with Crippen molar-refractivity contribution in [2.24, 2.45) is 0 Å². The minimum atomic E-state index is 0.827. The lowest BCUT2D eigenvalue weighted by Gasteiger charge is -2.08.